The molecule has 1 aromatic heterocycles. The zero-order chi connectivity index (χ0) is 18.1. The Morgan fingerprint density at radius 3 is 2.73 bits per heavy atom. The van der Waals surface area contributed by atoms with Crippen molar-refractivity contribution in [3.63, 3.8) is 0 Å². The first-order valence-corrected chi connectivity index (χ1v) is 9.29. The normalized spacial score (nSPS) is 17.8. The van der Waals surface area contributed by atoms with Crippen molar-refractivity contribution < 1.29 is 9.18 Å². The highest BCUT2D eigenvalue weighted by Crippen LogP contribution is 2.27. The maximum absolute atomic E-state index is 14.0. The number of amides is 1. The molecule has 0 saturated heterocycles. The van der Waals surface area contributed by atoms with Gasteiger partial charge < -0.3 is 9.88 Å². The molecule has 2 aliphatic rings. The molecule has 0 bridgehead atoms. The lowest BCUT2D eigenvalue weighted by Gasteiger charge is -2.32. The van der Waals surface area contributed by atoms with E-state index in [9.17, 15) is 14.0 Å². The smallest absolute Gasteiger partial charge is 0.256 e. The molecule has 1 amide bonds. The molecule has 1 fully saturated rings. The summed E-state index contributed by atoms with van der Waals surface area (Å²) in [4.78, 5) is 34.3. The van der Waals surface area contributed by atoms with Crippen molar-refractivity contribution in [3.8, 4) is 11.4 Å². The number of aromatic nitrogens is 2. The van der Waals surface area contributed by atoms with Crippen LogP contribution in [0.2, 0.25) is 0 Å². The van der Waals surface area contributed by atoms with Crippen molar-refractivity contribution in [2.75, 3.05) is 6.54 Å². The van der Waals surface area contributed by atoms with Crippen LogP contribution in [-0.4, -0.2) is 27.3 Å². The molecule has 0 unspecified atom stereocenters. The van der Waals surface area contributed by atoms with E-state index in [0.717, 1.165) is 25.7 Å². The quantitative estimate of drug-likeness (QED) is 0.900. The summed E-state index contributed by atoms with van der Waals surface area (Å²) in [6.07, 6.45) is 5.84. The fourth-order valence-electron chi connectivity index (χ4n) is 4.00. The van der Waals surface area contributed by atoms with Crippen LogP contribution in [0.25, 0.3) is 11.4 Å². The number of hydrogen-bond acceptors (Lipinski definition) is 3. The van der Waals surface area contributed by atoms with Crippen molar-refractivity contribution in [2.24, 2.45) is 5.92 Å². The Balaban J connectivity index is 1.59. The summed E-state index contributed by atoms with van der Waals surface area (Å²) in [5.41, 5.74) is 1.20. The topological polar surface area (TPSA) is 66.1 Å². The second-order valence-electron chi connectivity index (χ2n) is 7.16. The number of carbonyl (C=O) groups is 1. The van der Waals surface area contributed by atoms with Crippen molar-refractivity contribution in [3.05, 3.63) is 51.7 Å². The first-order chi connectivity index (χ1) is 12.6. The number of hydrogen-bond donors (Lipinski definition) is 1. The third-order valence-corrected chi connectivity index (χ3v) is 5.46. The second-order valence-corrected chi connectivity index (χ2v) is 7.16. The second kappa shape index (κ2) is 7.02. The molecule has 0 radical (unpaired) electrons. The Hall–Kier alpha value is -2.50. The maximum Gasteiger partial charge on any atom is 0.256 e. The van der Waals surface area contributed by atoms with Crippen LogP contribution in [0.3, 0.4) is 0 Å². The molecular weight excluding hydrogens is 333 g/mol. The average Bonchev–Trinajstić information content (AvgIpc) is 2.68. The van der Waals surface area contributed by atoms with Gasteiger partial charge in [-0.2, -0.15) is 0 Å². The number of rotatable bonds is 2. The van der Waals surface area contributed by atoms with Gasteiger partial charge in [-0.05, 0) is 25.0 Å². The first-order valence-electron chi connectivity index (χ1n) is 9.29. The molecule has 1 aromatic carbocycles. The Morgan fingerprint density at radius 1 is 1.19 bits per heavy atom. The zero-order valence-corrected chi connectivity index (χ0v) is 14.6. The molecule has 0 atom stereocenters. The minimum atomic E-state index is -0.416. The minimum absolute atomic E-state index is 0.0926. The van der Waals surface area contributed by atoms with Gasteiger partial charge in [-0.25, -0.2) is 9.37 Å². The molecule has 2 heterocycles. The molecule has 1 aliphatic carbocycles. The van der Waals surface area contributed by atoms with Crippen molar-refractivity contribution in [2.45, 2.75) is 45.1 Å². The fraction of sp³-hybridized carbons (Fsp3) is 0.450. The number of aromatic amines is 1. The van der Waals surface area contributed by atoms with E-state index in [0.29, 0.717) is 30.8 Å². The lowest BCUT2D eigenvalue weighted by atomic mass is 9.88. The molecule has 1 aliphatic heterocycles. The third kappa shape index (κ3) is 3.16. The van der Waals surface area contributed by atoms with Crippen LogP contribution >= 0.6 is 0 Å². The van der Waals surface area contributed by atoms with Gasteiger partial charge in [0, 0.05) is 18.9 Å². The number of carbonyl (C=O) groups excluding carboxylic acids is 1. The van der Waals surface area contributed by atoms with E-state index in [2.05, 4.69) is 9.97 Å². The van der Waals surface area contributed by atoms with Crippen molar-refractivity contribution >= 4 is 5.91 Å². The summed E-state index contributed by atoms with van der Waals surface area (Å²) in [6.45, 7) is 0.861. The SMILES string of the molecule is O=C(C1CCCCC1)N1CCc2nc(-c3ccccc3F)[nH]c(=O)c2C1. The summed E-state index contributed by atoms with van der Waals surface area (Å²) < 4.78 is 14.0. The van der Waals surface area contributed by atoms with Crippen LogP contribution in [-0.2, 0) is 17.8 Å². The van der Waals surface area contributed by atoms with Gasteiger partial charge in [0.1, 0.15) is 11.6 Å². The van der Waals surface area contributed by atoms with Crippen LogP contribution in [0, 0.1) is 11.7 Å². The fourth-order valence-corrected chi connectivity index (χ4v) is 4.00. The van der Waals surface area contributed by atoms with Gasteiger partial charge in [0.2, 0.25) is 5.91 Å². The summed E-state index contributed by atoms with van der Waals surface area (Å²) in [5.74, 6) is 0.0855. The van der Waals surface area contributed by atoms with Gasteiger partial charge in [-0.1, -0.05) is 31.4 Å². The molecule has 4 rings (SSSR count). The van der Waals surface area contributed by atoms with Crippen LogP contribution in [0.5, 0.6) is 0 Å². The van der Waals surface area contributed by atoms with E-state index in [1.807, 2.05) is 0 Å². The van der Waals surface area contributed by atoms with E-state index >= 15 is 0 Å². The van der Waals surface area contributed by atoms with Gasteiger partial charge in [-0.3, -0.25) is 9.59 Å². The molecular formula is C20H22FN3O2. The van der Waals surface area contributed by atoms with Crippen LogP contribution < -0.4 is 5.56 Å². The maximum atomic E-state index is 14.0. The molecule has 26 heavy (non-hydrogen) atoms. The molecule has 136 valence electrons. The summed E-state index contributed by atoms with van der Waals surface area (Å²) in [7, 11) is 0. The zero-order valence-electron chi connectivity index (χ0n) is 14.6. The summed E-state index contributed by atoms with van der Waals surface area (Å²) in [6, 6.07) is 6.26. The third-order valence-electron chi connectivity index (χ3n) is 5.46. The molecule has 2 aromatic rings. The Morgan fingerprint density at radius 2 is 1.96 bits per heavy atom. The standard InChI is InChI=1S/C20H22FN3O2/c21-16-9-5-4-8-14(16)18-22-17-10-11-24(12-15(17)19(25)23-18)20(26)13-6-2-1-3-7-13/h4-5,8-9,13H,1-3,6-7,10-12H2,(H,22,23,25). The highest BCUT2D eigenvalue weighted by molar-refractivity contribution is 5.79. The van der Waals surface area contributed by atoms with Gasteiger partial charge in [0.25, 0.3) is 5.56 Å². The van der Waals surface area contributed by atoms with Gasteiger partial charge >= 0.3 is 0 Å². The van der Waals surface area contributed by atoms with E-state index in [1.54, 1.807) is 23.1 Å². The van der Waals surface area contributed by atoms with Crippen molar-refractivity contribution in [1.82, 2.24) is 14.9 Å². The number of fused-ring (bicyclic) bond motifs is 1. The average molecular weight is 355 g/mol. The van der Waals surface area contributed by atoms with E-state index < -0.39 is 5.82 Å². The molecule has 1 saturated carbocycles. The number of nitrogens with zero attached hydrogens (tertiary/aromatic N) is 2. The predicted octanol–water partition coefficient (Wildman–Crippen LogP) is 3.04. The molecule has 0 spiro atoms. The molecule has 5 nitrogen and oxygen atoms in total. The number of nitrogens with one attached hydrogen (secondary N) is 1. The first kappa shape index (κ1) is 16.9. The van der Waals surface area contributed by atoms with E-state index in [1.165, 1.54) is 12.5 Å². The van der Waals surface area contributed by atoms with Gasteiger partial charge in [-0.15, -0.1) is 0 Å². The minimum Gasteiger partial charge on any atom is -0.337 e. The lowest BCUT2D eigenvalue weighted by molar-refractivity contribution is -0.137. The Kier molecular flexibility index (Phi) is 4.57. The van der Waals surface area contributed by atoms with Gasteiger partial charge in [0.05, 0.1) is 23.4 Å². The van der Waals surface area contributed by atoms with Crippen molar-refractivity contribution in [1.29, 1.82) is 0 Å². The number of H-pyrrole nitrogens is 1. The lowest BCUT2D eigenvalue weighted by Crippen LogP contribution is -2.42. The molecule has 1 N–H and O–H groups in total. The molecule has 6 heteroatoms. The summed E-state index contributed by atoms with van der Waals surface area (Å²) in [5, 5.41) is 0. The summed E-state index contributed by atoms with van der Waals surface area (Å²) >= 11 is 0. The highest BCUT2D eigenvalue weighted by atomic mass is 19.1. The van der Waals surface area contributed by atoms with Crippen LogP contribution in [0.15, 0.2) is 29.1 Å². The van der Waals surface area contributed by atoms with Crippen LogP contribution in [0.4, 0.5) is 4.39 Å². The number of benzene rings is 1. The highest BCUT2D eigenvalue weighted by Gasteiger charge is 2.30. The van der Waals surface area contributed by atoms with E-state index in [-0.39, 0.29) is 28.8 Å². The monoisotopic (exact) mass is 355 g/mol. The Labute approximate surface area is 151 Å². The van der Waals surface area contributed by atoms with Gasteiger partial charge in [0.15, 0.2) is 0 Å². The van der Waals surface area contributed by atoms with E-state index in [4.69, 9.17) is 0 Å². The Bertz CT molecular complexity index is 887. The predicted molar refractivity (Wildman–Crippen MR) is 95.9 cm³/mol. The largest absolute Gasteiger partial charge is 0.337 e. The van der Waals surface area contributed by atoms with Crippen LogP contribution in [0.1, 0.15) is 43.4 Å². The number of halogens is 1.